The lowest BCUT2D eigenvalue weighted by molar-refractivity contribution is 0.0265. The predicted octanol–water partition coefficient (Wildman–Crippen LogP) is 4.23. The van der Waals surface area contributed by atoms with E-state index < -0.39 is 0 Å². The lowest BCUT2D eigenvalue weighted by atomic mass is 9.94. The number of nitrogens with zero attached hydrogens (tertiary/aromatic N) is 4. The van der Waals surface area contributed by atoms with Crippen LogP contribution < -0.4 is 15.0 Å². The lowest BCUT2D eigenvalue weighted by Gasteiger charge is -2.33. The van der Waals surface area contributed by atoms with Crippen LogP contribution in [0.3, 0.4) is 0 Å². The molecule has 8 heteroatoms. The fourth-order valence-electron chi connectivity index (χ4n) is 5.64. The summed E-state index contributed by atoms with van der Waals surface area (Å²) >= 11 is 6.64. The highest BCUT2D eigenvalue weighted by molar-refractivity contribution is 6.35. The summed E-state index contributed by atoms with van der Waals surface area (Å²) in [4.78, 5) is 14.5. The standard InChI is InChI=1S/C28H34ClN5O2/c1-33(2)17-28(9-10-28)18-36-27-31-23-15-24(20-7-3-5-19-6-4-8-22(29)25(19)20)35-16-21(23)26(32-27)34-13-11-30-12-14-34/h3-8,24,30H,9-18H2,1-2H3. The Morgan fingerprint density at radius 1 is 1.14 bits per heavy atom. The minimum atomic E-state index is -0.122. The molecule has 0 spiro atoms. The summed E-state index contributed by atoms with van der Waals surface area (Å²) in [5, 5.41) is 6.37. The van der Waals surface area contributed by atoms with Crippen molar-refractivity contribution in [2.75, 3.05) is 58.3 Å². The third-order valence-corrected chi connectivity index (χ3v) is 7.94. The van der Waals surface area contributed by atoms with Gasteiger partial charge in [0.25, 0.3) is 0 Å². The van der Waals surface area contributed by atoms with Crippen molar-refractivity contribution >= 4 is 28.2 Å². The number of hydrogen-bond donors (Lipinski definition) is 1. The van der Waals surface area contributed by atoms with Gasteiger partial charge in [-0.15, -0.1) is 0 Å². The van der Waals surface area contributed by atoms with E-state index >= 15 is 0 Å². The van der Waals surface area contributed by atoms with Gasteiger partial charge in [-0.25, -0.2) is 0 Å². The van der Waals surface area contributed by atoms with E-state index in [1.165, 1.54) is 12.8 Å². The molecule has 0 bridgehead atoms. The van der Waals surface area contributed by atoms with Gasteiger partial charge in [0.2, 0.25) is 0 Å². The number of piperazine rings is 1. The highest BCUT2D eigenvalue weighted by atomic mass is 35.5. The zero-order valence-corrected chi connectivity index (χ0v) is 21.9. The number of nitrogens with one attached hydrogen (secondary N) is 1. The number of hydrogen-bond acceptors (Lipinski definition) is 7. The van der Waals surface area contributed by atoms with E-state index in [0.717, 1.165) is 71.2 Å². The Balaban J connectivity index is 1.33. The van der Waals surface area contributed by atoms with Crippen LogP contribution in [0.1, 0.15) is 35.8 Å². The van der Waals surface area contributed by atoms with E-state index in [4.69, 9.17) is 31.0 Å². The van der Waals surface area contributed by atoms with Crippen molar-refractivity contribution < 1.29 is 9.47 Å². The average molecular weight is 508 g/mol. The molecule has 1 saturated heterocycles. The van der Waals surface area contributed by atoms with Crippen molar-refractivity contribution in [1.29, 1.82) is 0 Å². The first kappa shape index (κ1) is 23.9. The number of ether oxygens (including phenoxy) is 2. The molecule has 1 N–H and O–H groups in total. The second-order valence-corrected chi connectivity index (χ2v) is 11.1. The van der Waals surface area contributed by atoms with Crippen molar-refractivity contribution in [1.82, 2.24) is 20.2 Å². The third kappa shape index (κ3) is 4.77. The lowest BCUT2D eigenvalue weighted by Crippen LogP contribution is -2.44. The molecule has 6 rings (SSSR count). The van der Waals surface area contributed by atoms with Crippen LogP contribution in [0.2, 0.25) is 5.02 Å². The van der Waals surface area contributed by atoms with Crippen LogP contribution in [0.4, 0.5) is 5.82 Å². The summed E-state index contributed by atoms with van der Waals surface area (Å²) in [5.41, 5.74) is 3.44. The summed E-state index contributed by atoms with van der Waals surface area (Å²) in [5.74, 6) is 0.961. The molecule has 0 amide bonds. The smallest absolute Gasteiger partial charge is 0.318 e. The Kier molecular flexibility index (Phi) is 6.50. The van der Waals surface area contributed by atoms with Gasteiger partial charge in [-0.05, 0) is 44.0 Å². The fraction of sp³-hybridized carbons (Fsp3) is 0.500. The summed E-state index contributed by atoms with van der Waals surface area (Å²) < 4.78 is 12.8. The topological polar surface area (TPSA) is 62.8 Å². The average Bonchev–Trinajstić information content (AvgIpc) is 3.65. The molecular formula is C28H34ClN5O2. The van der Waals surface area contributed by atoms with Gasteiger partial charge in [0.1, 0.15) is 5.82 Å². The second kappa shape index (κ2) is 9.78. The van der Waals surface area contributed by atoms with Crippen LogP contribution in [0.15, 0.2) is 36.4 Å². The zero-order chi connectivity index (χ0) is 24.7. The van der Waals surface area contributed by atoms with Gasteiger partial charge in [-0.1, -0.05) is 41.9 Å². The molecule has 3 heterocycles. The highest BCUT2D eigenvalue weighted by Gasteiger charge is 2.44. The zero-order valence-electron chi connectivity index (χ0n) is 21.1. The Labute approximate surface area is 217 Å². The molecule has 2 aliphatic heterocycles. The molecule has 1 unspecified atom stereocenters. The Hall–Kier alpha value is -2.45. The second-order valence-electron chi connectivity index (χ2n) is 10.7. The monoisotopic (exact) mass is 507 g/mol. The maximum absolute atomic E-state index is 6.64. The summed E-state index contributed by atoms with van der Waals surface area (Å²) in [6.45, 7) is 5.87. The van der Waals surface area contributed by atoms with Crippen LogP contribution in [0, 0.1) is 5.41 Å². The summed E-state index contributed by atoms with van der Waals surface area (Å²) in [7, 11) is 4.25. The van der Waals surface area contributed by atoms with E-state index in [2.05, 4.69) is 53.5 Å². The minimum absolute atomic E-state index is 0.122. The van der Waals surface area contributed by atoms with Crippen LogP contribution in [-0.2, 0) is 17.8 Å². The summed E-state index contributed by atoms with van der Waals surface area (Å²) in [6, 6.07) is 12.8. The molecule has 1 atom stereocenters. The first-order chi connectivity index (χ1) is 17.5. The van der Waals surface area contributed by atoms with E-state index in [-0.39, 0.29) is 11.5 Å². The molecule has 2 fully saturated rings. The maximum atomic E-state index is 6.64. The van der Waals surface area contributed by atoms with Crippen molar-refractivity contribution in [3.05, 3.63) is 58.2 Å². The van der Waals surface area contributed by atoms with Crippen LogP contribution in [0.5, 0.6) is 6.01 Å². The molecule has 1 saturated carbocycles. The van der Waals surface area contributed by atoms with Crippen LogP contribution >= 0.6 is 11.6 Å². The molecule has 36 heavy (non-hydrogen) atoms. The van der Waals surface area contributed by atoms with E-state index in [1.807, 2.05) is 12.1 Å². The van der Waals surface area contributed by atoms with Crippen LogP contribution in [0.25, 0.3) is 10.8 Å². The van der Waals surface area contributed by atoms with Gasteiger partial charge < -0.3 is 24.6 Å². The molecule has 1 aliphatic carbocycles. The first-order valence-electron chi connectivity index (χ1n) is 12.9. The van der Waals surface area contributed by atoms with Gasteiger partial charge >= 0.3 is 6.01 Å². The fourth-order valence-corrected chi connectivity index (χ4v) is 5.93. The first-order valence-corrected chi connectivity index (χ1v) is 13.3. The minimum Gasteiger partial charge on any atom is -0.463 e. The number of anilines is 1. The van der Waals surface area contributed by atoms with Gasteiger partial charge in [0.15, 0.2) is 0 Å². The predicted molar refractivity (Wildman–Crippen MR) is 143 cm³/mol. The molecular weight excluding hydrogens is 474 g/mol. The van der Waals surface area contributed by atoms with Crippen LogP contribution in [-0.4, -0.2) is 68.3 Å². The number of benzene rings is 2. The van der Waals surface area contributed by atoms with Gasteiger partial charge in [0, 0.05) is 60.5 Å². The van der Waals surface area contributed by atoms with Gasteiger partial charge in [-0.2, -0.15) is 9.97 Å². The molecule has 2 aromatic carbocycles. The normalized spacial score (nSPS) is 21.0. The Morgan fingerprint density at radius 3 is 2.67 bits per heavy atom. The van der Waals surface area contributed by atoms with Crippen molar-refractivity contribution in [3.63, 3.8) is 0 Å². The number of fused-ring (bicyclic) bond motifs is 2. The van der Waals surface area contributed by atoms with Gasteiger partial charge in [0.05, 0.1) is 25.0 Å². The quantitative estimate of drug-likeness (QED) is 0.513. The molecule has 0 radical (unpaired) electrons. The Bertz CT molecular complexity index is 1250. The maximum Gasteiger partial charge on any atom is 0.318 e. The van der Waals surface area contributed by atoms with E-state index in [0.29, 0.717) is 25.6 Å². The van der Waals surface area contributed by atoms with E-state index in [1.54, 1.807) is 0 Å². The highest BCUT2D eigenvalue weighted by Crippen LogP contribution is 2.46. The number of aromatic nitrogens is 2. The van der Waals surface area contributed by atoms with Crippen molar-refractivity contribution in [2.45, 2.75) is 32.0 Å². The largest absolute Gasteiger partial charge is 0.463 e. The third-order valence-electron chi connectivity index (χ3n) is 7.62. The van der Waals surface area contributed by atoms with Crippen molar-refractivity contribution in [2.24, 2.45) is 5.41 Å². The molecule has 7 nitrogen and oxygen atoms in total. The molecule has 190 valence electrons. The van der Waals surface area contributed by atoms with Crippen molar-refractivity contribution in [3.8, 4) is 6.01 Å². The summed E-state index contributed by atoms with van der Waals surface area (Å²) in [6.07, 6.45) is 2.93. The Morgan fingerprint density at radius 2 is 1.92 bits per heavy atom. The SMILES string of the molecule is CN(C)CC1(COc2nc3c(c(N4CCNCC4)n2)COC(c2cccc4cccc(Cl)c24)C3)CC1. The molecule has 1 aromatic heterocycles. The molecule has 3 aromatic rings. The number of halogens is 1. The molecule has 3 aliphatic rings. The number of rotatable bonds is 7. The van der Waals surface area contributed by atoms with E-state index in [9.17, 15) is 0 Å². The van der Waals surface area contributed by atoms with Gasteiger partial charge in [-0.3, -0.25) is 0 Å².